The van der Waals surface area contributed by atoms with Crippen LogP contribution in [-0.2, 0) is 21.9 Å². The van der Waals surface area contributed by atoms with Crippen LogP contribution in [0, 0.1) is 0 Å². The Hall–Kier alpha value is -2.82. The summed E-state index contributed by atoms with van der Waals surface area (Å²) in [5.41, 5.74) is 1.89. The molecule has 1 N–H and O–H groups in total. The van der Waals surface area contributed by atoms with Gasteiger partial charge in [-0.15, -0.1) is 0 Å². The maximum absolute atomic E-state index is 12.9. The van der Waals surface area contributed by atoms with Gasteiger partial charge in [-0.25, -0.2) is 8.42 Å². The number of nitrogens with one attached hydrogen (secondary N) is 1. The number of fused-ring (bicyclic) bond motifs is 1. The zero-order valence-corrected chi connectivity index (χ0v) is 20.2. The summed E-state index contributed by atoms with van der Waals surface area (Å²) in [6.45, 7) is 2.51. The van der Waals surface area contributed by atoms with Crippen molar-refractivity contribution in [3.63, 3.8) is 0 Å². The van der Waals surface area contributed by atoms with E-state index in [-0.39, 0.29) is 10.8 Å². The van der Waals surface area contributed by atoms with E-state index in [9.17, 15) is 18.0 Å². The summed E-state index contributed by atoms with van der Waals surface area (Å²) in [5, 5.41) is 2.75. The van der Waals surface area contributed by atoms with Gasteiger partial charge in [-0.3, -0.25) is 9.59 Å². The number of rotatable bonds is 4. The Bertz CT molecular complexity index is 1360. The summed E-state index contributed by atoms with van der Waals surface area (Å²) in [6.07, 6.45) is 3.83. The van der Waals surface area contributed by atoms with E-state index in [4.69, 9.17) is 0 Å². The van der Waals surface area contributed by atoms with Crippen molar-refractivity contribution in [2.24, 2.45) is 12.0 Å². The highest BCUT2D eigenvalue weighted by atomic mass is 32.2. The van der Waals surface area contributed by atoms with Crippen molar-refractivity contribution in [2.75, 3.05) is 18.4 Å². The first-order chi connectivity index (χ1) is 15.8. The fourth-order valence-corrected chi connectivity index (χ4v) is 6.45. The van der Waals surface area contributed by atoms with Gasteiger partial charge in [0.1, 0.15) is 0 Å². The van der Waals surface area contributed by atoms with Crippen molar-refractivity contribution in [1.29, 1.82) is 0 Å². The third kappa shape index (κ3) is 5.07. The molecule has 3 aromatic rings. The minimum atomic E-state index is -3.56. The Labute approximate surface area is 196 Å². The zero-order valence-electron chi connectivity index (χ0n) is 18.6. The van der Waals surface area contributed by atoms with Crippen LogP contribution in [-0.4, -0.2) is 42.2 Å². The summed E-state index contributed by atoms with van der Waals surface area (Å²) in [6, 6.07) is 11.5. The predicted molar refractivity (Wildman–Crippen MR) is 129 cm³/mol. The fourth-order valence-electron chi connectivity index (χ4n) is 3.87. The molecule has 1 saturated heterocycles. The van der Waals surface area contributed by atoms with Gasteiger partial charge in [0.25, 0.3) is 5.91 Å². The lowest BCUT2D eigenvalue weighted by Crippen LogP contribution is -2.31. The van der Waals surface area contributed by atoms with E-state index in [1.54, 1.807) is 6.07 Å². The Kier molecular flexibility index (Phi) is 6.78. The molecule has 0 aliphatic carbocycles. The molecule has 1 aromatic heterocycles. The fraction of sp³-hybridized carbons (Fsp3) is 0.348. The van der Waals surface area contributed by atoms with Crippen LogP contribution in [0.1, 0.15) is 43.0 Å². The van der Waals surface area contributed by atoms with Crippen molar-refractivity contribution < 1.29 is 18.0 Å². The maximum Gasteiger partial charge on any atom is 0.279 e. The monoisotopic (exact) mass is 486 g/mol. The first-order valence-corrected chi connectivity index (χ1v) is 13.1. The minimum absolute atomic E-state index is 0.156. The normalized spacial score (nSPS) is 16.0. The topological polar surface area (TPSA) is 101 Å². The highest BCUT2D eigenvalue weighted by Gasteiger charge is 2.25. The van der Waals surface area contributed by atoms with Gasteiger partial charge >= 0.3 is 0 Å². The van der Waals surface area contributed by atoms with Crippen molar-refractivity contribution in [3.8, 4) is 0 Å². The third-order valence-corrected chi connectivity index (χ3v) is 8.64. The Morgan fingerprint density at radius 2 is 1.67 bits per heavy atom. The predicted octanol–water partition coefficient (Wildman–Crippen LogP) is 3.50. The molecule has 0 radical (unpaired) electrons. The standard InChI is InChI=1S/C23H26N4O4S2/c1-16(28)24-18-9-12-20-21(15-18)32-23(26(20)2)25-22(29)17-7-10-19(11-8-17)33(30,31)27-13-5-3-4-6-14-27/h7-12,15H,3-6,13-14H2,1-2H3,(H,24,28). The second kappa shape index (κ2) is 9.58. The van der Waals surface area contributed by atoms with Crippen LogP contribution in [0.2, 0.25) is 0 Å². The third-order valence-electron chi connectivity index (χ3n) is 5.63. The van der Waals surface area contributed by atoms with E-state index in [1.807, 2.05) is 23.7 Å². The van der Waals surface area contributed by atoms with Gasteiger partial charge in [0, 0.05) is 38.3 Å². The molecule has 174 valence electrons. The quantitative estimate of drug-likeness (QED) is 0.610. The van der Waals surface area contributed by atoms with Gasteiger partial charge in [-0.2, -0.15) is 9.30 Å². The zero-order chi connectivity index (χ0) is 23.6. The maximum atomic E-state index is 12.9. The number of anilines is 1. The van der Waals surface area contributed by atoms with Crippen molar-refractivity contribution in [3.05, 3.63) is 52.8 Å². The minimum Gasteiger partial charge on any atom is -0.326 e. The second-order valence-corrected chi connectivity index (χ2v) is 11.0. The molecule has 10 heteroatoms. The number of carbonyl (C=O) groups is 2. The highest BCUT2D eigenvalue weighted by Crippen LogP contribution is 2.22. The first kappa shape index (κ1) is 23.3. The molecule has 1 aliphatic rings. The number of carbonyl (C=O) groups excluding carboxylic acids is 2. The summed E-state index contributed by atoms with van der Waals surface area (Å²) in [5.74, 6) is -0.602. The Balaban J connectivity index is 1.59. The number of hydrogen-bond acceptors (Lipinski definition) is 5. The number of sulfonamides is 1. The molecule has 1 aliphatic heterocycles. The van der Waals surface area contributed by atoms with Crippen molar-refractivity contribution in [2.45, 2.75) is 37.5 Å². The molecule has 0 bridgehead atoms. The van der Waals surface area contributed by atoms with Crippen LogP contribution in [0.25, 0.3) is 10.2 Å². The summed E-state index contributed by atoms with van der Waals surface area (Å²) in [7, 11) is -1.74. The molecular formula is C23H26N4O4S2. The number of benzene rings is 2. The molecule has 8 nitrogen and oxygen atoms in total. The molecule has 2 aromatic carbocycles. The largest absolute Gasteiger partial charge is 0.326 e. The lowest BCUT2D eigenvalue weighted by atomic mass is 10.2. The molecule has 0 unspecified atom stereocenters. The Morgan fingerprint density at radius 1 is 1.00 bits per heavy atom. The summed E-state index contributed by atoms with van der Waals surface area (Å²) in [4.78, 5) is 29.0. The van der Waals surface area contributed by atoms with Gasteiger partial charge in [0.05, 0.1) is 15.1 Å². The van der Waals surface area contributed by atoms with Crippen LogP contribution in [0.3, 0.4) is 0 Å². The second-order valence-electron chi connectivity index (χ2n) is 8.07. The smallest absolute Gasteiger partial charge is 0.279 e. The molecule has 2 amide bonds. The van der Waals surface area contributed by atoms with Gasteiger partial charge < -0.3 is 9.88 Å². The van der Waals surface area contributed by atoms with E-state index >= 15 is 0 Å². The number of nitrogens with zero attached hydrogens (tertiary/aromatic N) is 3. The van der Waals surface area contributed by atoms with Gasteiger partial charge in [-0.05, 0) is 55.3 Å². The van der Waals surface area contributed by atoms with Crippen LogP contribution >= 0.6 is 11.3 Å². The number of thiazole rings is 1. The van der Waals surface area contributed by atoms with Crippen LogP contribution < -0.4 is 10.1 Å². The Morgan fingerprint density at radius 3 is 2.30 bits per heavy atom. The van der Waals surface area contributed by atoms with E-state index in [0.717, 1.165) is 35.9 Å². The average Bonchev–Trinajstić information content (AvgIpc) is 2.96. The number of hydrogen-bond donors (Lipinski definition) is 1. The van der Waals surface area contributed by atoms with Crippen LogP contribution in [0.4, 0.5) is 5.69 Å². The molecular weight excluding hydrogens is 460 g/mol. The molecule has 1 fully saturated rings. The number of amides is 2. The van der Waals surface area contributed by atoms with E-state index in [2.05, 4.69) is 10.3 Å². The van der Waals surface area contributed by atoms with Gasteiger partial charge in [-0.1, -0.05) is 24.2 Å². The van der Waals surface area contributed by atoms with Gasteiger partial charge in [0.2, 0.25) is 15.9 Å². The lowest BCUT2D eigenvalue weighted by molar-refractivity contribution is -0.114. The molecule has 33 heavy (non-hydrogen) atoms. The van der Waals surface area contributed by atoms with Crippen LogP contribution in [0.5, 0.6) is 0 Å². The van der Waals surface area contributed by atoms with E-state index in [0.29, 0.717) is 29.1 Å². The van der Waals surface area contributed by atoms with E-state index in [1.165, 1.54) is 46.8 Å². The number of aryl methyl sites for hydroxylation is 1. The average molecular weight is 487 g/mol. The SMILES string of the molecule is CC(=O)Nc1ccc2c(c1)sc(=NC(=O)c1ccc(S(=O)(=O)N3CCCCCC3)cc1)n2C. The molecule has 4 rings (SSSR count). The number of aromatic nitrogens is 1. The molecule has 0 spiro atoms. The molecule has 0 saturated carbocycles. The molecule has 2 heterocycles. The first-order valence-electron chi connectivity index (χ1n) is 10.8. The van der Waals surface area contributed by atoms with Crippen LogP contribution in [0.15, 0.2) is 52.4 Å². The van der Waals surface area contributed by atoms with Crippen molar-refractivity contribution >= 4 is 49.1 Å². The summed E-state index contributed by atoms with van der Waals surface area (Å²) >= 11 is 1.34. The highest BCUT2D eigenvalue weighted by molar-refractivity contribution is 7.89. The lowest BCUT2D eigenvalue weighted by Gasteiger charge is -2.19. The van der Waals surface area contributed by atoms with Gasteiger partial charge in [0.15, 0.2) is 4.80 Å². The van der Waals surface area contributed by atoms with E-state index < -0.39 is 15.9 Å². The van der Waals surface area contributed by atoms with Crippen molar-refractivity contribution in [1.82, 2.24) is 8.87 Å². The molecule has 0 atom stereocenters. The summed E-state index contributed by atoms with van der Waals surface area (Å²) < 4.78 is 30.1.